The Balaban J connectivity index is 2.34. The average molecular weight is 253 g/mol. The van der Waals surface area contributed by atoms with Gasteiger partial charge in [-0.25, -0.2) is 0 Å². The Kier molecular flexibility index (Phi) is 7.13. The van der Waals surface area contributed by atoms with Crippen LogP contribution in [-0.4, -0.2) is 43.8 Å². The zero-order valence-electron chi connectivity index (χ0n) is 11.2. The molecule has 0 atom stereocenters. The summed E-state index contributed by atoms with van der Waals surface area (Å²) >= 11 is 0. The van der Waals surface area contributed by atoms with Gasteiger partial charge in [-0.3, -0.25) is 4.79 Å². The molecule has 0 unspecified atom stereocenters. The third-order valence-electron chi connectivity index (χ3n) is 2.66. The normalized spacial score (nSPS) is 10.6. The number of nitrogens with zero attached hydrogens (tertiary/aromatic N) is 1. The van der Waals surface area contributed by atoms with Crippen LogP contribution in [0.2, 0.25) is 0 Å². The van der Waals surface area contributed by atoms with Crippen molar-refractivity contribution >= 4 is 5.91 Å². The molecule has 2 N–H and O–H groups in total. The van der Waals surface area contributed by atoms with Crippen molar-refractivity contribution in [3.8, 4) is 0 Å². The van der Waals surface area contributed by atoms with E-state index in [1.54, 1.807) is 7.11 Å². The van der Waals surface area contributed by atoms with E-state index >= 15 is 0 Å². The fraction of sp³-hybridized carbons (Fsp3) is 0.615. The molecule has 0 aliphatic rings. The van der Waals surface area contributed by atoms with Gasteiger partial charge in [0.05, 0.1) is 6.61 Å². The molecular formula is C13H23N3O2. The largest absolute Gasteiger partial charge is 0.383 e. The zero-order valence-corrected chi connectivity index (χ0v) is 11.2. The van der Waals surface area contributed by atoms with Gasteiger partial charge in [-0.2, -0.15) is 0 Å². The summed E-state index contributed by atoms with van der Waals surface area (Å²) < 4.78 is 6.92. The molecule has 1 heterocycles. The van der Waals surface area contributed by atoms with Gasteiger partial charge in [0.1, 0.15) is 5.69 Å². The molecule has 1 amide bonds. The number of hydrogen-bond acceptors (Lipinski definition) is 3. The lowest BCUT2D eigenvalue weighted by Gasteiger charge is -2.09. The molecule has 0 bridgehead atoms. The molecule has 5 nitrogen and oxygen atoms in total. The van der Waals surface area contributed by atoms with E-state index in [9.17, 15) is 4.79 Å². The van der Waals surface area contributed by atoms with Gasteiger partial charge in [-0.1, -0.05) is 6.92 Å². The van der Waals surface area contributed by atoms with E-state index in [-0.39, 0.29) is 5.91 Å². The second-order valence-electron chi connectivity index (χ2n) is 4.04. The summed E-state index contributed by atoms with van der Waals surface area (Å²) in [5.41, 5.74) is 0.690. The Morgan fingerprint density at radius 1 is 1.44 bits per heavy atom. The van der Waals surface area contributed by atoms with Crippen LogP contribution >= 0.6 is 0 Å². The molecule has 102 valence electrons. The lowest BCUT2D eigenvalue weighted by Crippen LogP contribution is -2.29. The van der Waals surface area contributed by atoms with Crippen molar-refractivity contribution in [2.75, 3.05) is 33.4 Å². The molecule has 0 aromatic carbocycles. The Hall–Kier alpha value is -1.33. The highest BCUT2D eigenvalue weighted by atomic mass is 16.5. The van der Waals surface area contributed by atoms with Gasteiger partial charge in [-0.15, -0.1) is 0 Å². The van der Waals surface area contributed by atoms with Gasteiger partial charge in [0.2, 0.25) is 0 Å². The first-order chi connectivity index (χ1) is 8.79. The zero-order chi connectivity index (χ0) is 13.2. The summed E-state index contributed by atoms with van der Waals surface area (Å²) in [7, 11) is 1.66. The second-order valence-corrected chi connectivity index (χ2v) is 4.04. The summed E-state index contributed by atoms with van der Waals surface area (Å²) in [5, 5.41) is 6.14. The van der Waals surface area contributed by atoms with Crippen LogP contribution in [0.4, 0.5) is 0 Å². The predicted molar refractivity (Wildman–Crippen MR) is 71.8 cm³/mol. The summed E-state index contributed by atoms with van der Waals surface area (Å²) in [4.78, 5) is 11.9. The highest BCUT2D eigenvalue weighted by molar-refractivity contribution is 5.92. The minimum Gasteiger partial charge on any atom is -0.383 e. The number of nitrogens with one attached hydrogen (secondary N) is 2. The molecule has 0 fully saturated rings. The van der Waals surface area contributed by atoms with Gasteiger partial charge in [0.25, 0.3) is 5.91 Å². The number of aromatic nitrogens is 1. The maximum Gasteiger partial charge on any atom is 0.267 e. The predicted octanol–water partition coefficient (Wildman–Crippen LogP) is 0.864. The molecule has 0 aliphatic heterocycles. The van der Waals surface area contributed by atoms with Crippen LogP contribution in [0.1, 0.15) is 23.8 Å². The minimum absolute atomic E-state index is 0.0207. The van der Waals surface area contributed by atoms with Crippen LogP contribution in [-0.2, 0) is 11.3 Å². The van der Waals surface area contributed by atoms with Crippen molar-refractivity contribution in [3.05, 3.63) is 24.0 Å². The first kappa shape index (κ1) is 14.7. The van der Waals surface area contributed by atoms with Gasteiger partial charge < -0.3 is 19.9 Å². The minimum atomic E-state index is -0.0207. The third-order valence-corrected chi connectivity index (χ3v) is 2.66. The van der Waals surface area contributed by atoms with Crippen LogP contribution in [0.5, 0.6) is 0 Å². The van der Waals surface area contributed by atoms with Gasteiger partial charge >= 0.3 is 0 Å². The van der Waals surface area contributed by atoms with Crippen molar-refractivity contribution < 1.29 is 9.53 Å². The summed E-state index contributed by atoms with van der Waals surface area (Å²) in [6, 6.07) is 3.71. The number of ether oxygens (including phenoxy) is 1. The maximum atomic E-state index is 11.9. The Bertz CT molecular complexity index is 350. The van der Waals surface area contributed by atoms with Crippen LogP contribution in [0.25, 0.3) is 0 Å². The summed E-state index contributed by atoms with van der Waals surface area (Å²) in [6.07, 6.45) is 2.84. The average Bonchev–Trinajstić information content (AvgIpc) is 2.84. The highest BCUT2D eigenvalue weighted by Gasteiger charge is 2.09. The van der Waals surface area contributed by atoms with Crippen molar-refractivity contribution in [1.82, 2.24) is 15.2 Å². The lowest BCUT2D eigenvalue weighted by atomic mass is 10.3. The Morgan fingerprint density at radius 3 is 3.00 bits per heavy atom. The Morgan fingerprint density at radius 2 is 2.28 bits per heavy atom. The fourth-order valence-corrected chi connectivity index (χ4v) is 1.69. The fourth-order valence-electron chi connectivity index (χ4n) is 1.69. The van der Waals surface area contributed by atoms with Crippen molar-refractivity contribution in [1.29, 1.82) is 0 Å². The van der Waals surface area contributed by atoms with E-state index in [2.05, 4.69) is 17.6 Å². The van der Waals surface area contributed by atoms with Crippen molar-refractivity contribution in [3.63, 3.8) is 0 Å². The number of rotatable bonds is 9. The van der Waals surface area contributed by atoms with E-state index in [4.69, 9.17) is 4.74 Å². The molecular weight excluding hydrogens is 230 g/mol. The van der Waals surface area contributed by atoms with Crippen LogP contribution < -0.4 is 10.6 Å². The van der Waals surface area contributed by atoms with Crippen molar-refractivity contribution in [2.24, 2.45) is 0 Å². The number of carbonyl (C=O) groups is 1. The smallest absolute Gasteiger partial charge is 0.267 e. The van der Waals surface area contributed by atoms with E-state index < -0.39 is 0 Å². The molecule has 1 aromatic rings. The summed E-state index contributed by atoms with van der Waals surface area (Å²) in [5.74, 6) is -0.0207. The highest BCUT2D eigenvalue weighted by Crippen LogP contribution is 2.02. The number of methoxy groups -OCH3 is 1. The molecule has 0 radical (unpaired) electrons. The number of hydrogen-bond donors (Lipinski definition) is 2. The van der Waals surface area contributed by atoms with Crippen LogP contribution in [0.15, 0.2) is 18.3 Å². The molecule has 1 aromatic heterocycles. The molecule has 0 spiro atoms. The molecule has 0 aliphatic carbocycles. The van der Waals surface area contributed by atoms with Gasteiger partial charge in [0.15, 0.2) is 0 Å². The summed E-state index contributed by atoms with van der Waals surface area (Å²) in [6.45, 7) is 5.97. The molecule has 5 heteroatoms. The SMILES string of the molecule is CCNCCCNC(=O)c1cccn1CCOC. The third kappa shape index (κ3) is 4.89. The number of amides is 1. The standard InChI is InChI=1S/C13H23N3O2/c1-3-14-7-5-8-15-13(17)12-6-4-9-16(12)10-11-18-2/h4,6,9,14H,3,5,7-8,10-11H2,1-2H3,(H,15,17). The first-order valence-electron chi connectivity index (χ1n) is 6.42. The van der Waals surface area contributed by atoms with Crippen LogP contribution in [0, 0.1) is 0 Å². The molecule has 0 saturated carbocycles. The first-order valence-corrected chi connectivity index (χ1v) is 6.42. The van der Waals surface area contributed by atoms with E-state index in [1.807, 2.05) is 22.9 Å². The van der Waals surface area contributed by atoms with Crippen LogP contribution in [0.3, 0.4) is 0 Å². The monoisotopic (exact) mass is 253 g/mol. The van der Waals surface area contributed by atoms with E-state index in [0.29, 0.717) is 25.4 Å². The Labute approximate surface area is 109 Å². The van der Waals surface area contributed by atoms with Gasteiger partial charge in [0, 0.05) is 26.4 Å². The second kappa shape index (κ2) is 8.72. The van der Waals surface area contributed by atoms with E-state index in [1.165, 1.54) is 0 Å². The topological polar surface area (TPSA) is 55.3 Å². The van der Waals surface area contributed by atoms with Gasteiger partial charge in [-0.05, 0) is 31.6 Å². The molecule has 1 rings (SSSR count). The molecule has 18 heavy (non-hydrogen) atoms. The maximum absolute atomic E-state index is 11.9. The van der Waals surface area contributed by atoms with Crippen molar-refractivity contribution in [2.45, 2.75) is 19.9 Å². The number of carbonyl (C=O) groups excluding carboxylic acids is 1. The van der Waals surface area contributed by atoms with E-state index in [0.717, 1.165) is 19.5 Å². The molecule has 0 saturated heterocycles. The quantitative estimate of drug-likeness (QED) is 0.642. The lowest BCUT2D eigenvalue weighted by molar-refractivity contribution is 0.0941.